The molecule has 0 aliphatic heterocycles. The average molecular weight is 264 g/mol. The molecule has 0 aliphatic rings. The molecule has 0 aromatic carbocycles. The molecule has 2 N–H and O–H groups in total. The molecule has 1 heterocycles. The van der Waals surface area contributed by atoms with Crippen molar-refractivity contribution >= 4 is 11.8 Å². The number of nitrogens with zero attached hydrogens (tertiary/aromatic N) is 2. The number of aryl methyl sites for hydroxylation is 1. The third kappa shape index (κ3) is 6.99. The van der Waals surface area contributed by atoms with E-state index in [-0.39, 0.29) is 0 Å². The smallest absolute Gasteiger partial charge is 0.224 e. The van der Waals surface area contributed by atoms with E-state index in [1.807, 2.05) is 13.0 Å². The van der Waals surface area contributed by atoms with E-state index in [0.29, 0.717) is 0 Å². The van der Waals surface area contributed by atoms with Crippen LogP contribution in [0.25, 0.3) is 0 Å². The highest BCUT2D eigenvalue weighted by atomic mass is 15.1. The summed E-state index contributed by atoms with van der Waals surface area (Å²) < 4.78 is 0. The standard InChI is InChI=1S/C15H28N4/c1-5-9-17-15-18-13(4)11-14(19-15)16-10-7-6-8-12(2)3/h11-12H,5-10H2,1-4H3,(H2,16,17,18,19). The number of hydrogen-bond donors (Lipinski definition) is 2. The summed E-state index contributed by atoms with van der Waals surface area (Å²) in [6.45, 7) is 10.6. The van der Waals surface area contributed by atoms with Gasteiger partial charge in [-0.15, -0.1) is 0 Å². The number of unbranched alkanes of at least 4 members (excludes halogenated alkanes) is 1. The lowest BCUT2D eigenvalue weighted by molar-refractivity contribution is 0.544. The molecule has 1 rings (SSSR count). The Morgan fingerprint density at radius 1 is 1.11 bits per heavy atom. The van der Waals surface area contributed by atoms with Gasteiger partial charge in [-0.1, -0.05) is 33.6 Å². The van der Waals surface area contributed by atoms with Crippen molar-refractivity contribution in [2.75, 3.05) is 23.7 Å². The van der Waals surface area contributed by atoms with Gasteiger partial charge in [-0.2, -0.15) is 4.98 Å². The van der Waals surface area contributed by atoms with Crippen LogP contribution in [0.3, 0.4) is 0 Å². The largest absolute Gasteiger partial charge is 0.370 e. The van der Waals surface area contributed by atoms with Crippen molar-refractivity contribution in [3.8, 4) is 0 Å². The summed E-state index contributed by atoms with van der Waals surface area (Å²) in [6, 6.07) is 2.00. The fourth-order valence-electron chi connectivity index (χ4n) is 1.87. The summed E-state index contributed by atoms with van der Waals surface area (Å²) >= 11 is 0. The second-order valence-corrected chi connectivity index (χ2v) is 5.46. The first kappa shape index (κ1) is 15.7. The zero-order valence-corrected chi connectivity index (χ0v) is 12.8. The van der Waals surface area contributed by atoms with Crippen LogP contribution in [-0.2, 0) is 0 Å². The topological polar surface area (TPSA) is 49.8 Å². The fourth-order valence-corrected chi connectivity index (χ4v) is 1.87. The van der Waals surface area contributed by atoms with Crippen LogP contribution >= 0.6 is 0 Å². The first-order valence-electron chi connectivity index (χ1n) is 7.45. The number of nitrogens with one attached hydrogen (secondary N) is 2. The molecule has 0 bridgehead atoms. The van der Waals surface area contributed by atoms with Gasteiger partial charge in [-0.25, -0.2) is 4.98 Å². The minimum absolute atomic E-state index is 0.728. The molecule has 0 radical (unpaired) electrons. The van der Waals surface area contributed by atoms with E-state index >= 15 is 0 Å². The Balaban J connectivity index is 2.38. The Labute approximate surface area is 117 Å². The Morgan fingerprint density at radius 3 is 2.58 bits per heavy atom. The second-order valence-electron chi connectivity index (χ2n) is 5.46. The number of hydrogen-bond acceptors (Lipinski definition) is 4. The Kier molecular flexibility index (Phi) is 7.23. The van der Waals surface area contributed by atoms with Gasteiger partial charge in [-0.05, 0) is 25.7 Å². The predicted octanol–water partition coefficient (Wildman–Crippen LogP) is 3.85. The molecule has 4 nitrogen and oxygen atoms in total. The zero-order valence-electron chi connectivity index (χ0n) is 12.8. The number of rotatable bonds is 9. The Hall–Kier alpha value is -1.32. The first-order valence-corrected chi connectivity index (χ1v) is 7.45. The molecule has 0 saturated carbocycles. The molecule has 0 fully saturated rings. The van der Waals surface area contributed by atoms with Crippen LogP contribution in [0, 0.1) is 12.8 Å². The molecule has 0 saturated heterocycles. The molecule has 0 unspecified atom stereocenters. The summed E-state index contributed by atoms with van der Waals surface area (Å²) in [5.74, 6) is 2.45. The maximum atomic E-state index is 4.47. The van der Waals surface area contributed by atoms with Crippen molar-refractivity contribution in [1.29, 1.82) is 0 Å². The van der Waals surface area contributed by atoms with E-state index in [0.717, 1.165) is 42.9 Å². The minimum atomic E-state index is 0.728. The molecular formula is C15H28N4. The SMILES string of the molecule is CCCNc1nc(C)cc(NCCCCC(C)C)n1. The van der Waals surface area contributed by atoms with Crippen molar-refractivity contribution in [1.82, 2.24) is 9.97 Å². The van der Waals surface area contributed by atoms with E-state index in [1.54, 1.807) is 0 Å². The van der Waals surface area contributed by atoms with Gasteiger partial charge < -0.3 is 10.6 Å². The lowest BCUT2D eigenvalue weighted by atomic mass is 10.1. The second kappa shape index (κ2) is 8.73. The summed E-state index contributed by atoms with van der Waals surface area (Å²) in [6.07, 6.45) is 4.84. The van der Waals surface area contributed by atoms with Crippen LogP contribution in [0.1, 0.15) is 52.1 Å². The lowest BCUT2D eigenvalue weighted by Crippen LogP contribution is -2.09. The van der Waals surface area contributed by atoms with Gasteiger partial charge in [0.05, 0.1) is 0 Å². The van der Waals surface area contributed by atoms with E-state index in [9.17, 15) is 0 Å². The summed E-state index contributed by atoms with van der Waals surface area (Å²) in [5.41, 5.74) is 0.998. The van der Waals surface area contributed by atoms with Crippen molar-refractivity contribution < 1.29 is 0 Å². The molecule has 108 valence electrons. The van der Waals surface area contributed by atoms with E-state index in [4.69, 9.17) is 0 Å². The van der Waals surface area contributed by atoms with Gasteiger partial charge in [0.2, 0.25) is 5.95 Å². The van der Waals surface area contributed by atoms with Gasteiger partial charge in [0.1, 0.15) is 5.82 Å². The molecule has 19 heavy (non-hydrogen) atoms. The summed E-state index contributed by atoms with van der Waals surface area (Å²) in [4.78, 5) is 8.85. The van der Waals surface area contributed by atoms with Crippen LogP contribution in [0.15, 0.2) is 6.07 Å². The van der Waals surface area contributed by atoms with Gasteiger partial charge in [0.15, 0.2) is 0 Å². The van der Waals surface area contributed by atoms with Gasteiger partial charge in [0.25, 0.3) is 0 Å². The number of aromatic nitrogens is 2. The highest BCUT2D eigenvalue weighted by Crippen LogP contribution is 2.11. The molecule has 0 amide bonds. The maximum Gasteiger partial charge on any atom is 0.224 e. The molecular weight excluding hydrogens is 236 g/mol. The maximum absolute atomic E-state index is 4.47. The van der Waals surface area contributed by atoms with Crippen LogP contribution < -0.4 is 10.6 Å². The van der Waals surface area contributed by atoms with Crippen LogP contribution in [-0.4, -0.2) is 23.1 Å². The number of anilines is 2. The third-order valence-corrected chi connectivity index (χ3v) is 2.90. The third-order valence-electron chi connectivity index (χ3n) is 2.90. The van der Waals surface area contributed by atoms with Crippen LogP contribution in [0.5, 0.6) is 0 Å². The van der Waals surface area contributed by atoms with E-state index in [2.05, 4.69) is 41.4 Å². The molecule has 0 aliphatic carbocycles. The first-order chi connectivity index (χ1) is 9.11. The highest BCUT2D eigenvalue weighted by molar-refractivity contribution is 5.41. The Bertz CT molecular complexity index is 363. The van der Waals surface area contributed by atoms with E-state index < -0.39 is 0 Å². The van der Waals surface area contributed by atoms with Gasteiger partial charge in [0, 0.05) is 24.8 Å². The monoisotopic (exact) mass is 264 g/mol. The van der Waals surface area contributed by atoms with Gasteiger partial charge >= 0.3 is 0 Å². The lowest BCUT2D eigenvalue weighted by Gasteiger charge is -2.10. The molecule has 1 aromatic rings. The van der Waals surface area contributed by atoms with Gasteiger partial charge in [-0.3, -0.25) is 0 Å². The van der Waals surface area contributed by atoms with Crippen molar-refractivity contribution in [3.63, 3.8) is 0 Å². The quantitative estimate of drug-likeness (QED) is 0.665. The fraction of sp³-hybridized carbons (Fsp3) is 0.733. The van der Waals surface area contributed by atoms with Crippen LogP contribution in [0.2, 0.25) is 0 Å². The van der Waals surface area contributed by atoms with E-state index in [1.165, 1.54) is 19.3 Å². The van der Waals surface area contributed by atoms with Crippen molar-refractivity contribution in [2.24, 2.45) is 5.92 Å². The van der Waals surface area contributed by atoms with Crippen LogP contribution in [0.4, 0.5) is 11.8 Å². The summed E-state index contributed by atoms with van der Waals surface area (Å²) in [7, 11) is 0. The Morgan fingerprint density at radius 2 is 1.89 bits per heavy atom. The molecule has 1 aromatic heterocycles. The molecule has 0 atom stereocenters. The highest BCUT2D eigenvalue weighted by Gasteiger charge is 2.01. The molecule has 4 heteroatoms. The zero-order chi connectivity index (χ0) is 14.1. The average Bonchev–Trinajstić information content (AvgIpc) is 2.35. The van der Waals surface area contributed by atoms with Crippen molar-refractivity contribution in [3.05, 3.63) is 11.8 Å². The minimum Gasteiger partial charge on any atom is -0.370 e. The predicted molar refractivity (Wildman–Crippen MR) is 82.7 cm³/mol. The summed E-state index contributed by atoms with van der Waals surface area (Å²) in [5, 5.41) is 6.61. The normalized spacial score (nSPS) is 10.8. The van der Waals surface area contributed by atoms with Crippen molar-refractivity contribution in [2.45, 2.75) is 53.4 Å². The molecule has 0 spiro atoms.